The highest BCUT2D eigenvalue weighted by molar-refractivity contribution is 5.88. The minimum Gasteiger partial charge on any atom is -0.870 e. The number of hydrogen-bond donors (Lipinski definition) is 1. The normalized spacial score (nSPS) is 10.1. The molecule has 0 aliphatic heterocycles. The zero-order chi connectivity index (χ0) is 17.6. The lowest BCUT2D eigenvalue weighted by Crippen LogP contribution is -2.33. The van der Waals surface area contributed by atoms with E-state index >= 15 is 0 Å². The molecule has 142 valence electrons. The monoisotopic (exact) mass is 353 g/mol. The van der Waals surface area contributed by atoms with E-state index in [0.29, 0.717) is 18.6 Å². The summed E-state index contributed by atoms with van der Waals surface area (Å²) in [6.07, 6.45) is 12.9. The average molecular weight is 353 g/mol. The zero-order valence-electron chi connectivity index (χ0n) is 15.2. The Bertz CT molecular complexity index is 504. The van der Waals surface area contributed by atoms with E-state index < -0.39 is 5.97 Å². The molecule has 0 bridgehead atoms. The molecule has 1 aromatic rings. The topological polar surface area (TPSA) is 97.5 Å². The highest BCUT2D eigenvalue weighted by Crippen LogP contribution is 2.09. The summed E-state index contributed by atoms with van der Waals surface area (Å²) in [5, 5.41) is 8.55. The number of ether oxygens (including phenoxy) is 1. The number of carbonyl (C=O) groups excluding carboxylic acids is 1. The third kappa shape index (κ3) is 11.3. The summed E-state index contributed by atoms with van der Waals surface area (Å²) < 4.78 is 7.05. The van der Waals surface area contributed by atoms with Gasteiger partial charge in [0.15, 0.2) is 12.4 Å². The second-order valence-corrected chi connectivity index (χ2v) is 6.02. The van der Waals surface area contributed by atoms with Crippen LogP contribution in [0.3, 0.4) is 0 Å². The summed E-state index contributed by atoms with van der Waals surface area (Å²) in [6, 6.07) is 3.65. The van der Waals surface area contributed by atoms with Gasteiger partial charge in [-0.3, -0.25) is 4.79 Å². The van der Waals surface area contributed by atoms with Crippen LogP contribution in [0.2, 0.25) is 0 Å². The Kier molecular flexibility index (Phi) is 13.3. The van der Waals surface area contributed by atoms with Gasteiger partial charge in [0.1, 0.15) is 12.1 Å². The van der Waals surface area contributed by atoms with Gasteiger partial charge in [-0.25, -0.2) is 9.36 Å². The van der Waals surface area contributed by atoms with E-state index in [1.54, 1.807) is 13.0 Å². The fourth-order valence-electron chi connectivity index (χ4n) is 2.63. The molecule has 0 atom stereocenters. The number of esters is 1. The number of aromatic nitrogens is 1. The smallest absolute Gasteiger partial charge is 0.344 e. The molecule has 2 N–H and O–H groups in total. The number of pyridine rings is 1. The molecular weight excluding hydrogens is 322 g/mol. The number of aryl methyl sites for hydroxylation is 1. The van der Waals surface area contributed by atoms with Gasteiger partial charge in [-0.05, 0) is 25.8 Å². The summed E-state index contributed by atoms with van der Waals surface area (Å²) in [7, 11) is 0. The molecule has 0 saturated heterocycles. The summed E-state index contributed by atoms with van der Waals surface area (Å²) in [6.45, 7) is 3.11. The number of carbonyl (C=O) groups is 2. The first kappa shape index (κ1) is 23.1. The van der Waals surface area contributed by atoms with Crippen LogP contribution in [0.25, 0.3) is 0 Å². The van der Waals surface area contributed by atoms with E-state index in [1.807, 2.05) is 23.0 Å². The van der Waals surface area contributed by atoms with E-state index in [1.165, 1.54) is 25.7 Å². The minimum atomic E-state index is -0.695. The third-order valence-electron chi connectivity index (χ3n) is 3.93. The van der Waals surface area contributed by atoms with Crippen LogP contribution in [0.4, 0.5) is 0 Å². The number of carboxylic acids is 1. The SMILES string of the molecule is CCOC(=O)c1ccc[n+](CCCCCCCCCCC(=O)O)c1.[OH-]. The van der Waals surface area contributed by atoms with Crippen molar-refractivity contribution in [3.63, 3.8) is 0 Å². The van der Waals surface area contributed by atoms with Gasteiger partial charge in [0.2, 0.25) is 0 Å². The summed E-state index contributed by atoms with van der Waals surface area (Å²) in [5.41, 5.74) is 0.598. The van der Waals surface area contributed by atoms with Crippen LogP contribution in [-0.2, 0) is 16.1 Å². The minimum absolute atomic E-state index is 0. The lowest BCUT2D eigenvalue weighted by molar-refractivity contribution is -0.697. The Labute approximate surface area is 150 Å². The lowest BCUT2D eigenvalue weighted by atomic mass is 10.1. The summed E-state index contributed by atoms with van der Waals surface area (Å²) >= 11 is 0. The Morgan fingerprint density at radius 3 is 2.24 bits per heavy atom. The highest BCUT2D eigenvalue weighted by Gasteiger charge is 2.11. The Balaban J connectivity index is 0.00000576. The van der Waals surface area contributed by atoms with Crippen molar-refractivity contribution >= 4 is 11.9 Å². The van der Waals surface area contributed by atoms with Crippen molar-refractivity contribution in [2.24, 2.45) is 0 Å². The first-order valence-corrected chi connectivity index (χ1v) is 9.01. The number of nitrogens with zero attached hydrogens (tertiary/aromatic N) is 1. The van der Waals surface area contributed by atoms with Gasteiger partial charge in [0.25, 0.3) is 0 Å². The van der Waals surface area contributed by atoms with Gasteiger partial charge in [0, 0.05) is 18.9 Å². The number of rotatable bonds is 13. The Morgan fingerprint density at radius 2 is 1.64 bits per heavy atom. The molecule has 0 saturated carbocycles. The quantitative estimate of drug-likeness (QED) is 0.332. The fourth-order valence-corrected chi connectivity index (χ4v) is 2.63. The van der Waals surface area contributed by atoms with Crippen molar-refractivity contribution in [2.45, 2.75) is 71.3 Å². The zero-order valence-corrected chi connectivity index (χ0v) is 15.2. The fraction of sp³-hybridized carbons (Fsp3) is 0.632. The molecule has 6 nitrogen and oxygen atoms in total. The van der Waals surface area contributed by atoms with Gasteiger partial charge in [0.05, 0.1) is 6.61 Å². The predicted octanol–water partition coefficient (Wildman–Crippen LogP) is 3.57. The molecular formula is C19H31NO5. The summed E-state index contributed by atoms with van der Waals surface area (Å²) in [5.74, 6) is -0.964. The molecule has 1 heterocycles. The molecule has 0 aliphatic carbocycles. The van der Waals surface area contributed by atoms with Crippen molar-refractivity contribution in [1.29, 1.82) is 0 Å². The molecule has 1 rings (SSSR count). The van der Waals surface area contributed by atoms with Crippen molar-refractivity contribution in [2.75, 3.05) is 6.61 Å². The van der Waals surface area contributed by atoms with Crippen molar-refractivity contribution in [3.8, 4) is 0 Å². The number of hydrogen-bond acceptors (Lipinski definition) is 4. The first-order chi connectivity index (χ1) is 11.6. The molecule has 0 amide bonds. The molecule has 0 aliphatic rings. The molecule has 25 heavy (non-hydrogen) atoms. The highest BCUT2D eigenvalue weighted by atomic mass is 16.5. The average Bonchev–Trinajstić information content (AvgIpc) is 2.57. The van der Waals surface area contributed by atoms with Crippen molar-refractivity contribution in [1.82, 2.24) is 0 Å². The maximum atomic E-state index is 11.7. The molecule has 6 heteroatoms. The molecule has 1 aromatic heterocycles. The van der Waals surface area contributed by atoms with Crippen molar-refractivity contribution in [3.05, 3.63) is 30.1 Å². The molecule has 0 spiro atoms. The van der Waals surface area contributed by atoms with Crippen LogP contribution in [0, 0.1) is 0 Å². The summed E-state index contributed by atoms with van der Waals surface area (Å²) in [4.78, 5) is 22.1. The first-order valence-electron chi connectivity index (χ1n) is 9.01. The molecule has 0 radical (unpaired) electrons. The Morgan fingerprint density at radius 1 is 1.04 bits per heavy atom. The van der Waals surface area contributed by atoms with E-state index in [4.69, 9.17) is 9.84 Å². The van der Waals surface area contributed by atoms with E-state index in [-0.39, 0.29) is 11.4 Å². The molecule has 0 fully saturated rings. The second-order valence-electron chi connectivity index (χ2n) is 6.02. The van der Waals surface area contributed by atoms with E-state index in [2.05, 4.69) is 0 Å². The van der Waals surface area contributed by atoms with Crippen LogP contribution in [0.1, 0.15) is 75.1 Å². The number of unbranched alkanes of at least 4 members (excludes halogenated alkanes) is 7. The lowest BCUT2D eigenvalue weighted by Gasteiger charge is -2.02. The van der Waals surface area contributed by atoms with Crippen molar-refractivity contribution < 1.29 is 29.5 Å². The maximum Gasteiger partial charge on any atom is 0.344 e. The van der Waals surface area contributed by atoms with Crippen LogP contribution in [-0.4, -0.2) is 29.1 Å². The molecule has 0 aromatic carbocycles. The van der Waals surface area contributed by atoms with Gasteiger partial charge < -0.3 is 15.3 Å². The third-order valence-corrected chi connectivity index (χ3v) is 3.93. The number of carboxylic acid groups (broad SMARTS) is 1. The second kappa shape index (κ2) is 14.4. The number of aliphatic carboxylic acids is 1. The van der Waals surface area contributed by atoms with Gasteiger partial charge >= 0.3 is 11.9 Å². The largest absolute Gasteiger partial charge is 0.870 e. The van der Waals surface area contributed by atoms with Gasteiger partial charge in [-0.1, -0.05) is 32.1 Å². The predicted molar refractivity (Wildman–Crippen MR) is 93.7 cm³/mol. The van der Waals surface area contributed by atoms with Crippen LogP contribution in [0.5, 0.6) is 0 Å². The van der Waals surface area contributed by atoms with Crippen LogP contribution in [0.15, 0.2) is 24.5 Å². The van der Waals surface area contributed by atoms with E-state index in [0.717, 1.165) is 32.2 Å². The molecule has 0 unspecified atom stereocenters. The van der Waals surface area contributed by atoms with Crippen LogP contribution >= 0.6 is 0 Å². The van der Waals surface area contributed by atoms with Crippen LogP contribution < -0.4 is 4.57 Å². The Hall–Kier alpha value is -1.95. The van der Waals surface area contributed by atoms with Gasteiger partial charge in [-0.15, -0.1) is 0 Å². The van der Waals surface area contributed by atoms with E-state index in [9.17, 15) is 9.59 Å². The maximum absolute atomic E-state index is 11.7. The van der Waals surface area contributed by atoms with Gasteiger partial charge in [-0.2, -0.15) is 0 Å². The standard InChI is InChI=1S/C19H29NO4.H2O/c1-2-24-19(23)17-12-11-15-20(16-17)14-10-8-6-4-3-5-7-9-13-18(21)22;/h11-12,15-16H,2-10,13-14H2,1H3;1H2.